The van der Waals surface area contributed by atoms with E-state index in [9.17, 15) is 9.90 Å². The molecule has 122 valence electrons. The molecule has 3 nitrogen and oxygen atoms in total. The van der Waals surface area contributed by atoms with Crippen LogP contribution in [-0.2, 0) is 4.79 Å². The van der Waals surface area contributed by atoms with Gasteiger partial charge in [-0.3, -0.25) is 4.79 Å². The minimum atomic E-state index is -0.777. The van der Waals surface area contributed by atoms with Gasteiger partial charge < -0.3 is 10.2 Å². The van der Waals surface area contributed by atoms with Gasteiger partial charge in [0.2, 0.25) is 0 Å². The Morgan fingerprint density at radius 2 is 1.48 bits per heavy atom. The van der Waals surface area contributed by atoms with Crippen molar-refractivity contribution in [3.63, 3.8) is 0 Å². The summed E-state index contributed by atoms with van der Waals surface area (Å²) in [5.74, 6) is -0.717. The van der Waals surface area contributed by atoms with Crippen molar-refractivity contribution in [1.29, 1.82) is 0 Å². The Morgan fingerprint density at radius 1 is 0.913 bits per heavy atom. The van der Waals surface area contributed by atoms with Crippen LogP contribution in [0.2, 0.25) is 0 Å². The molecule has 0 saturated carbocycles. The molecule has 2 rings (SSSR count). The average Bonchev–Trinajstić information content (AvgIpc) is 2.56. The predicted octanol–water partition coefficient (Wildman–Crippen LogP) is 4.52. The normalized spacial score (nSPS) is 13.5. The first-order valence-electron chi connectivity index (χ1n) is 8.16. The van der Waals surface area contributed by atoms with Gasteiger partial charge in [-0.1, -0.05) is 67.9 Å². The highest BCUT2D eigenvalue weighted by Gasteiger charge is 2.16. The molecule has 0 aliphatic carbocycles. The number of rotatable bonds is 8. The molecular formula is C20H24O3. The third-order valence-corrected chi connectivity index (χ3v) is 4.13. The van der Waals surface area contributed by atoms with Crippen LogP contribution in [0.25, 0.3) is 0 Å². The Balaban J connectivity index is 2.23. The molecule has 23 heavy (non-hydrogen) atoms. The summed E-state index contributed by atoms with van der Waals surface area (Å²) in [5.41, 5.74) is 3.13. The van der Waals surface area contributed by atoms with Crippen LogP contribution in [0.5, 0.6) is 0 Å². The summed E-state index contributed by atoms with van der Waals surface area (Å²) in [5, 5.41) is 19.1. The number of benzene rings is 2. The minimum Gasteiger partial charge on any atom is -0.481 e. The molecule has 2 aromatic rings. The van der Waals surface area contributed by atoms with Crippen molar-refractivity contribution in [1.82, 2.24) is 0 Å². The summed E-state index contributed by atoms with van der Waals surface area (Å²) in [6.45, 7) is 2.05. The fourth-order valence-electron chi connectivity index (χ4n) is 2.87. The zero-order chi connectivity index (χ0) is 16.7. The van der Waals surface area contributed by atoms with E-state index in [0.717, 1.165) is 29.5 Å². The van der Waals surface area contributed by atoms with Crippen LogP contribution < -0.4 is 0 Å². The number of hydrogen-bond acceptors (Lipinski definition) is 2. The van der Waals surface area contributed by atoms with Gasteiger partial charge in [-0.2, -0.15) is 0 Å². The summed E-state index contributed by atoms with van der Waals surface area (Å²) in [6.07, 6.45) is 1.97. The van der Waals surface area contributed by atoms with Gasteiger partial charge in [0.1, 0.15) is 0 Å². The highest BCUT2D eigenvalue weighted by Crippen LogP contribution is 2.30. The molecule has 2 atom stereocenters. The molecule has 2 unspecified atom stereocenters. The predicted molar refractivity (Wildman–Crippen MR) is 91.5 cm³/mol. The zero-order valence-corrected chi connectivity index (χ0v) is 13.5. The second kappa shape index (κ2) is 8.49. The van der Waals surface area contributed by atoms with Crippen molar-refractivity contribution in [3.05, 3.63) is 71.3 Å². The second-order valence-electron chi connectivity index (χ2n) is 5.87. The van der Waals surface area contributed by atoms with E-state index in [1.54, 1.807) is 0 Å². The average molecular weight is 312 g/mol. The fourth-order valence-corrected chi connectivity index (χ4v) is 2.87. The van der Waals surface area contributed by atoms with Crippen molar-refractivity contribution < 1.29 is 15.0 Å². The fraction of sp³-hybridized carbons (Fsp3) is 0.350. The lowest BCUT2D eigenvalue weighted by Gasteiger charge is -2.18. The standard InChI is InChI=1S/C20H24O3/c1-2-6-19(21)17-11-9-16(10-12-17)18(13-14-20(22)23)15-7-4-3-5-8-15/h3-5,7-12,18-19,21H,2,6,13-14H2,1H3,(H,22,23). The smallest absolute Gasteiger partial charge is 0.303 e. The monoisotopic (exact) mass is 312 g/mol. The lowest BCUT2D eigenvalue weighted by atomic mass is 9.86. The lowest BCUT2D eigenvalue weighted by molar-refractivity contribution is -0.137. The molecule has 0 bridgehead atoms. The van der Waals surface area contributed by atoms with Gasteiger partial charge in [-0.15, -0.1) is 0 Å². The molecule has 0 aliphatic rings. The molecule has 0 fully saturated rings. The van der Waals surface area contributed by atoms with Crippen LogP contribution in [0.1, 0.15) is 61.3 Å². The molecule has 0 radical (unpaired) electrons. The van der Waals surface area contributed by atoms with Crippen molar-refractivity contribution in [2.24, 2.45) is 0 Å². The van der Waals surface area contributed by atoms with Gasteiger partial charge in [-0.25, -0.2) is 0 Å². The Morgan fingerprint density at radius 3 is 2.04 bits per heavy atom. The topological polar surface area (TPSA) is 57.5 Å². The molecule has 2 aromatic carbocycles. The molecule has 0 spiro atoms. The first-order chi connectivity index (χ1) is 11.1. The van der Waals surface area contributed by atoms with E-state index in [-0.39, 0.29) is 12.3 Å². The van der Waals surface area contributed by atoms with Crippen LogP contribution >= 0.6 is 0 Å². The van der Waals surface area contributed by atoms with Crippen molar-refractivity contribution in [2.75, 3.05) is 0 Å². The lowest BCUT2D eigenvalue weighted by Crippen LogP contribution is -2.06. The maximum Gasteiger partial charge on any atom is 0.303 e. The Labute approximate surface area is 137 Å². The summed E-state index contributed by atoms with van der Waals surface area (Å²) < 4.78 is 0. The van der Waals surface area contributed by atoms with E-state index in [4.69, 9.17) is 5.11 Å². The molecule has 0 aliphatic heterocycles. The first-order valence-corrected chi connectivity index (χ1v) is 8.16. The van der Waals surface area contributed by atoms with E-state index in [0.29, 0.717) is 6.42 Å². The van der Waals surface area contributed by atoms with Crippen LogP contribution in [0.3, 0.4) is 0 Å². The number of aliphatic hydroxyl groups excluding tert-OH is 1. The summed E-state index contributed by atoms with van der Waals surface area (Å²) >= 11 is 0. The molecule has 0 aromatic heterocycles. The van der Waals surface area contributed by atoms with Crippen LogP contribution in [0, 0.1) is 0 Å². The summed E-state index contributed by atoms with van der Waals surface area (Å²) in [6, 6.07) is 17.9. The first kappa shape index (κ1) is 17.2. The quantitative estimate of drug-likeness (QED) is 0.753. The number of aliphatic carboxylic acids is 1. The van der Waals surface area contributed by atoms with Crippen molar-refractivity contribution in [2.45, 2.75) is 44.6 Å². The van der Waals surface area contributed by atoms with E-state index in [2.05, 4.69) is 6.92 Å². The molecule has 2 N–H and O–H groups in total. The molecule has 3 heteroatoms. The van der Waals surface area contributed by atoms with Crippen LogP contribution in [0.15, 0.2) is 54.6 Å². The molecule has 0 amide bonds. The number of carboxylic acids is 1. The maximum absolute atomic E-state index is 10.9. The summed E-state index contributed by atoms with van der Waals surface area (Å²) in [7, 11) is 0. The van der Waals surface area contributed by atoms with Gasteiger partial charge in [0.05, 0.1) is 6.10 Å². The van der Waals surface area contributed by atoms with Gasteiger partial charge in [0.15, 0.2) is 0 Å². The number of hydrogen-bond donors (Lipinski definition) is 2. The van der Waals surface area contributed by atoms with Gasteiger partial charge in [-0.05, 0) is 29.5 Å². The van der Waals surface area contributed by atoms with Gasteiger partial charge >= 0.3 is 5.97 Å². The third-order valence-electron chi connectivity index (χ3n) is 4.13. The van der Waals surface area contributed by atoms with Crippen LogP contribution in [0.4, 0.5) is 0 Å². The largest absolute Gasteiger partial charge is 0.481 e. The van der Waals surface area contributed by atoms with E-state index in [1.807, 2.05) is 54.6 Å². The van der Waals surface area contributed by atoms with Gasteiger partial charge in [0.25, 0.3) is 0 Å². The zero-order valence-electron chi connectivity index (χ0n) is 13.5. The maximum atomic E-state index is 10.9. The van der Waals surface area contributed by atoms with E-state index < -0.39 is 12.1 Å². The van der Waals surface area contributed by atoms with E-state index in [1.165, 1.54) is 0 Å². The van der Waals surface area contributed by atoms with Gasteiger partial charge in [0, 0.05) is 12.3 Å². The highest BCUT2D eigenvalue weighted by atomic mass is 16.4. The SMILES string of the molecule is CCCC(O)c1ccc(C(CCC(=O)O)c2ccccc2)cc1. The number of carbonyl (C=O) groups is 1. The van der Waals surface area contributed by atoms with Crippen molar-refractivity contribution >= 4 is 5.97 Å². The highest BCUT2D eigenvalue weighted by molar-refractivity contribution is 5.66. The Bertz CT molecular complexity index is 605. The molecule has 0 saturated heterocycles. The molecular weight excluding hydrogens is 288 g/mol. The third kappa shape index (κ3) is 4.93. The second-order valence-corrected chi connectivity index (χ2v) is 5.87. The number of aliphatic hydroxyl groups is 1. The number of carboxylic acid groups (broad SMARTS) is 1. The van der Waals surface area contributed by atoms with Crippen molar-refractivity contribution in [3.8, 4) is 0 Å². The van der Waals surface area contributed by atoms with E-state index >= 15 is 0 Å². The summed E-state index contributed by atoms with van der Waals surface area (Å²) in [4.78, 5) is 10.9. The Kier molecular flexibility index (Phi) is 6.36. The van der Waals surface area contributed by atoms with Crippen LogP contribution in [-0.4, -0.2) is 16.2 Å². The Hall–Kier alpha value is -2.13. The molecule has 0 heterocycles. The minimum absolute atomic E-state index is 0.0599.